The molecule has 1 rings (SSSR count). The summed E-state index contributed by atoms with van der Waals surface area (Å²) < 4.78 is 0. The zero-order valence-corrected chi connectivity index (χ0v) is 10.5. The van der Waals surface area contributed by atoms with Crippen LogP contribution in [0.3, 0.4) is 0 Å². The molecule has 0 heterocycles. The van der Waals surface area contributed by atoms with Crippen LogP contribution in [0, 0.1) is 5.92 Å². The Hall–Kier alpha value is -1.88. The van der Waals surface area contributed by atoms with Crippen LogP contribution >= 0.6 is 0 Å². The summed E-state index contributed by atoms with van der Waals surface area (Å²) in [5, 5.41) is 11.3. The van der Waals surface area contributed by atoms with Crippen molar-refractivity contribution < 1.29 is 14.8 Å². The number of hydrogen-bond acceptors (Lipinski definition) is 3. The summed E-state index contributed by atoms with van der Waals surface area (Å²) in [5.74, 6) is -1.05. The molecule has 0 bridgehead atoms. The van der Waals surface area contributed by atoms with Crippen molar-refractivity contribution in [3.8, 4) is 0 Å². The van der Waals surface area contributed by atoms with Crippen LogP contribution in [0.15, 0.2) is 30.3 Å². The Morgan fingerprint density at radius 2 is 1.78 bits per heavy atom. The molecule has 2 amide bonds. The van der Waals surface area contributed by atoms with Gasteiger partial charge >= 0.3 is 0 Å². The van der Waals surface area contributed by atoms with Gasteiger partial charge in [0.2, 0.25) is 5.91 Å². The summed E-state index contributed by atoms with van der Waals surface area (Å²) in [6, 6.07) is 8.53. The number of carbonyl (C=O) groups excluding carboxylic acids is 2. The SMILES string of the molecule is CC(C)C(=O)NC(Cc1ccccc1)C(=O)NO. The molecule has 0 aliphatic rings. The minimum absolute atomic E-state index is 0.213. The zero-order chi connectivity index (χ0) is 13.5. The normalized spacial score (nSPS) is 12.0. The molecule has 0 fully saturated rings. The standard InChI is InChI=1S/C13H18N2O3/c1-9(2)12(16)14-11(13(17)15-18)8-10-6-4-3-5-7-10/h3-7,9,11,18H,8H2,1-2H3,(H,14,16)(H,15,17). The molecule has 0 radical (unpaired) electrons. The first-order chi connectivity index (χ1) is 8.54. The Morgan fingerprint density at radius 3 is 2.28 bits per heavy atom. The molecule has 1 aromatic rings. The van der Waals surface area contributed by atoms with E-state index in [9.17, 15) is 9.59 Å². The molecular weight excluding hydrogens is 232 g/mol. The second-order valence-electron chi connectivity index (χ2n) is 4.38. The van der Waals surface area contributed by atoms with Crippen LogP contribution in [0.25, 0.3) is 0 Å². The van der Waals surface area contributed by atoms with E-state index in [0.717, 1.165) is 5.56 Å². The van der Waals surface area contributed by atoms with Gasteiger partial charge in [0.25, 0.3) is 5.91 Å². The third-order valence-corrected chi connectivity index (χ3v) is 2.55. The zero-order valence-electron chi connectivity index (χ0n) is 10.5. The molecule has 1 aromatic carbocycles. The lowest BCUT2D eigenvalue weighted by molar-refractivity contribution is -0.135. The van der Waals surface area contributed by atoms with Gasteiger partial charge in [-0.2, -0.15) is 0 Å². The highest BCUT2D eigenvalue weighted by Gasteiger charge is 2.21. The summed E-state index contributed by atoms with van der Waals surface area (Å²) in [6.07, 6.45) is 0.339. The van der Waals surface area contributed by atoms with E-state index < -0.39 is 11.9 Å². The minimum atomic E-state index is -0.771. The van der Waals surface area contributed by atoms with Crippen molar-refractivity contribution in [2.75, 3.05) is 0 Å². The number of hydroxylamine groups is 1. The molecule has 0 spiro atoms. The fourth-order valence-electron chi connectivity index (χ4n) is 1.48. The van der Waals surface area contributed by atoms with Crippen LogP contribution in [-0.2, 0) is 16.0 Å². The average molecular weight is 250 g/mol. The van der Waals surface area contributed by atoms with Gasteiger partial charge in [-0.3, -0.25) is 14.8 Å². The maximum Gasteiger partial charge on any atom is 0.266 e. The van der Waals surface area contributed by atoms with Crippen molar-refractivity contribution in [3.05, 3.63) is 35.9 Å². The molecule has 0 aromatic heterocycles. The molecule has 98 valence electrons. The fourth-order valence-corrected chi connectivity index (χ4v) is 1.48. The molecule has 1 atom stereocenters. The third-order valence-electron chi connectivity index (χ3n) is 2.55. The van der Waals surface area contributed by atoms with Gasteiger partial charge in [0.05, 0.1) is 0 Å². The monoisotopic (exact) mass is 250 g/mol. The first kappa shape index (κ1) is 14.2. The first-order valence-electron chi connectivity index (χ1n) is 5.83. The summed E-state index contributed by atoms with van der Waals surface area (Å²) >= 11 is 0. The van der Waals surface area contributed by atoms with Crippen LogP contribution in [0.5, 0.6) is 0 Å². The van der Waals surface area contributed by atoms with Crippen molar-refractivity contribution in [2.24, 2.45) is 5.92 Å². The van der Waals surface area contributed by atoms with Gasteiger partial charge in [-0.25, -0.2) is 5.48 Å². The highest BCUT2D eigenvalue weighted by Crippen LogP contribution is 2.04. The molecular formula is C13H18N2O3. The van der Waals surface area contributed by atoms with Gasteiger partial charge in [0.1, 0.15) is 6.04 Å². The summed E-state index contributed by atoms with van der Waals surface area (Å²) in [4.78, 5) is 23.1. The largest absolute Gasteiger partial charge is 0.344 e. The van der Waals surface area contributed by atoms with E-state index in [1.165, 1.54) is 0 Å². The van der Waals surface area contributed by atoms with Gasteiger partial charge in [-0.1, -0.05) is 44.2 Å². The number of carbonyl (C=O) groups is 2. The van der Waals surface area contributed by atoms with Gasteiger partial charge in [-0.15, -0.1) is 0 Å². The fraction of sp³-hybridized carbons (Fsp3) is 0.385. The Balaban J connectivity index is 2.73. The van der Waals surface area contributed by atoms with Crippen LogP contribution in [0.4, 0.5) is 0 Å². The predicted molar refractivity (Wildman–Crippen MR) is 66.8 cm³/mol. The van der Waals surface area contributed by atoms with Crippen LogP contribution < -0.4 is 10.8 Å². The van der Waals surface area contributed by atoms with Crippen molar-refractivity contribution in [1.29, 1.82) is 0 Å². The lowest BCUT2D eigenvalue weighted by Crippen LogP contribution is -2.48. The van der Waals surface area contributed by atoms with Crippen molar-refractivity contribution in [1.82, 2.24) is 10.8 Å². The lowest BCUT2D eigenvalue weighted by Gasteiger charge is -2.18. The number of rotatable bonds is 5. The average Bonchev–Trinajstić information content (AvgIpc) is 2.38. The van der Waals surface area contributed by atoms with Gasteiger partial charge in [0, 0.05) is 12.3 Å². The molecule has 0 saturated carbocycles. The minimum Gasteiger partial charge on any atom is -0.344 e. The van der Waals surface area contributed by atoms with E-state index in [-0.39, 0.29) is 11.8 Å². The quantitative estimate of drug-likeness (QED) is 0.536. The Kier molecular flexibility index (Phi) is 5.32. The molecule has 1 unspecified atom stereocenters. The third kappa shape index (κ3) is 4.18. The molecule has 5 nitrogen and oxygen atoms in total. The van der Waals surface area contributed by atoms with E-state index in [1.54, 1.807) is 19.3 Å². The summed E-state index contributed by atoms with van der Waals surface area (Å²) in [6.45, 7) is 3.48. The number of nitrogens with one attached hydrogen (secondary N) is 2. The Labute approximate surface area is 106 Å². The Morgan fingerprint density at radius 1 is 1.17 bits per heavy atom. The highest BCUT2D eigenvalue weighted by atomic mass is 16.5. The van der Waals surface area contributed by atoms with E-state index in [0.29, 0.717) is 6.42 Å². The van der Waals surface area contributed by atoms with E-state index in [4.69, 9.17) is 5.21 Å². The van der Waals surface area contributed by atoms with E-state index in [2.05, 4.69) is 5.32 Å². The second kappa shape index (κ2) is 6.76. The highest BCUT2D eigenvalue weighted by molar-refractivity contribution is 5.87. The molecule has 0 aliphatic heterocycles. The predicted octanol–water partition coefficient (Wildman–Crippen LogP) is 0.875. The maximum absolute atomic E-state index is 11.6. The summed E-state index contributed by atoms with van der Waals surface area (Å²) in [5.41, 5.74) is 2.49. The molecule has 3 N–H and O–H groups in total. The second-order valence-corrected chi connectivity index (χ2v) is 4.38. The van der Waals surface area contributed by atoms with Crippen molar-refractivity contribution >= 4 is 11.8 Å². The molecule has 0 saturated heterocycles. The van der Waals surface area contributed by atoms with Gasteiger partial charge in [-0.05, 0) is 5.56 Å². The molecule has 0 aliphatic carbocycles. The van der Waals surface area contributed by atoms with Gasteiger partial charge in [0.15, 0.2) is 0 Å². The lowest BCUT2D eigenvalue weighted by atomic mass is 10.0. The van der Waals surface area contributed by atoms with E-state index >= 15 is 0 Å². The molecule has 5 heteroatoms. The first-order valence-corrected chi connectivity index (χ1v) is 5.83. The number of benzene rings is 1. The van der Waals surface area contributed by atoms with Crippen LogP contribution in [-0.4, -0.2) is 23.1 Å². The Bertz CT molecular complexity index is 404. The van der Waals surface area contributed by atoms with E-state index in [1.807, 2.05) is 30.3 Å². The summed E-state index contributed by atoms with van der Waals surface area (Å²) in [7, 11) is 0. The van der Waals surface area contributed by atoms with Crippen LogP contribution in [0.1, 0.15) is 19.4 Å². The van der Waals surface area contributed by atoms with Crippen LogP contribution in [0.2, 0.25) is 0 Å². The smallest absolute Gasteiger partial charge is 0.266 e. The van der Waals surface area contributed by atoms with Gasteiger partial charge < -0.3 is 5.32 Å². The molecule has 18 heavy (non-hydrogen) atoms. The van der Waals surface area contributed by atoms with Crippen molar-refractivity contribution in [3.63, 3.8) is 0 Å². The number of hydrogen-bond donors (Lipinski definition) is 3. The maximum atomic E-state index is 11.6. The number of amides is 2. The topological polar surface area (TPSA) is 78.4 Å². The van der Waals surface area contributed by atoms with Crippen molar-refractivity contribution in [2.45, 2.75) is 26.3 Å².